The largest absolute Gasteiger partial charge is 0.397 e. The van der Waals surface area contributed by atoms with E-state index in [2.05, 4.69) is 19.2 Å². The van der Waals surface area contributed by atoms with Crippen LogP contribution in [0.15, 0.2) is 36.4 Å². The SMILES string of the molecule is CC(C)c1ccc(C(=O)Nc2cc(N(C)C)c(N)cc2Cl)cc1. The van der Waals surface area contributed by atoms with Crippen molar-refractivity contribution in [3.05, 3.63) is 52.5 Å². The van der Waals surface area contributed by atoms with E-state index in [1.54, 1.807) is 12.1 Å². The predicted molar refractivity (Wildman–Crippen MR) is 98.7 cm³/mol. The third kappa shape index (κ3) is 3.96. The second-order valence-corrected chi connectivity index (χ2v) is 6.42. The summed E-state index contributed by atoms with van der Waals surface area (Å²) in [6.45, 7) is 4.23. The number of halogens is 1. The summed E-state index contributed by atoms with van der Waals surface area (Å²) in [6.07, 6.45) is 0. The summed E-state index contributed by atoms with van der Waals surface area (Å²) in [5.41, 5.74) is 9.65. The van der Waals surface area contributed by atoms with Crippen LogP contribution in [0.5, 0.6) is 0 Å². The highest BCUT2D eigenvalue weighted by molar-refractivity contribution is 6.34. The van der Waals surface area contributed by atoms with Gasteiger partial charge in [0.2, 0.25) is 0 Å². The maximum absolute atomic E-state index is 12.4. The molecule has 5 heteroatoms. The first-order valence-electron chi connectivity index (χ1n) is 7.47. The lowest BCUT2D eigenvalue weighted by molar-refractivity contribution is 0.102. The zero-order chi connectivity index (χ0) is 17.1. The molecule has 4 nitrogen and oxygen atoms in total. The van der Waals surface area contributed by atoms with Crippen molar-refractivity contribution in [3.63, 3.8) is 0 Å². The molecular weight excluding hydrogens is 310 g/mol. The van der Waals surface area contributed by atoms with Crippen molar-refractivity contribution in [1.82, 2.24) is 0 Å². The van der Waals surface area contributed by atoms with Crippen LogP contribution in [0.1, 0.15) is 35.7 Å². The van der Waals surface area contributed by atoms with E-state index >= 15 is 0 Å². The Kier molecular flexibility index (Phi) is 5.16. The fourth-order valence-corrected chi connectivity index (χ4v) is 2.49. The number of carbonyl (C=O) groups excluding carboxylic acids is 1. The van der Waals surface area contributed by atoms with Crippen molar-refractivity contribution in [3.8, 4) is 0 Å². The summed E-state index contributed by atoms with van der Waals surface area (Å²) in [5.74, 6) is 0.234. The number of nitrogen functional groups attached to an aromatic ring is 1. The first kappa shape index (κ1) is 17.2. The van der Waals surface area contributed by atoms with Crippen LogP contribution < -0.4 is 16.0 Å². The molecule has 0 saturated heterocycles. The third-order valence-electron chi connectivity index (χ3n) is 3.69. The van der Waals surface area contributed by atoms with Gasteiger partial charge in [-0.2, -0.15) is 0 Å². The van der Waals surface area contributed by atoms with E-state index in [0.717, 1.165) is 5.69 Å². The zero-order valence-corrected chi connectivity index (χ0v) is 14.6. The molecule has 0 aliphatic rings. The Bertz CT molecular complexity index is 709. The fourth-order valence-electron chi connectivity index (χ4n) is 2.27. The number of rotatable bonds is 4. The molecule has 0 atom stereocenters. The normalized spacial score (nSPS) is 10.7. The summed E-state index contributed by atoms with van der Waals surface area (Å²) in [6, 6.07) is 11.0. The van der Waals surface area contributed by atoms with E-state index in [9.17, 15) is 4.79 Å². The van der Waals surface area contributed by atoms with Crippen LogP contribution in [0.3, 0.4) is 0 Å². The number of hydrogen-bond donors (Lipinski definition) is 2. The number of anilines is 3. The molecule has 0 bridgehead atoms. The maximum Gasteiger partial charge on any atom is 0.255 e. The lowest BCUT2D eigenvalue weighted by Crippen LogP contribution is -2.15. The Hall–Kier alpha value is -2.20. The minimum Gasteiger partial charge on any atom is -0.397 e. The lowest BCUT2D eigenvalue weighted by atomic mass is 10.0. The van der Waals surface area contributed by atoms with Gasteiger partial charge in [-0.05, 0) is 35.7 Å². The number of amides is 1. The second-order valence-electron chi connectivity index (χ2n) is 6.02. The molecule has 0 saturated carbocycles. The minimum atomic E-state index is -0.198. The van der Waals surface area contributed by atoms with Crippen LogP contribution in [-0.2, 0) is 0 Å². The molecule has 0 spiro atoms. The van der Waals surface area contributed by atoms with E-state index in [0.29, 0.717) is 27.9 Å². The number of nitrogens with zero attached hydrogens (tertiary/aromatic N) is 1. The molecule has 2 aromatic carbocycles. The molecule has 0 heterocycles. The molecule has 2 aromatic rings. The number of nitrogens with one attached hydrogen (secondary N) is 1. The van der Waals surface area contributed by atoms with Gasteiger partial charge in [0.25, 0.3) is 5.91 Å². The van der Waals surface area contributed by atoms with Crippen LogP contribution >= 0.6 is 11.6 Å². The van der Waals surface area contributed by atoms with Gasteiger partial charge in [-0.3, -0.25) is 4.79 Å². The molecule has 0 aliphatic carbocycles. The quantitative estimate of drug-likeness (QED) is 0.818. The number of hydrogen-bond acceptors (Lipinski definition) is 3. The summed E-state index contributed by atoms with van der Waals surface area (Å²) >= 11 is 6.19. The Morgan fingerprint density at radius 3 is 2.30 bits per heavy atom. The van der Waals surface area contributed by atoms with Crippen molar-refractivity contribution in [2.45, 2.75) is 19.8 Å². The summed E-state index contributed by atoms with van der Waals surface area (Å²) < 4.78 is 0. The van der Waals surface area contributed by atoms with Crippen LogP contribution in [-0.4, -0.2) is 20.0 Å². The molecule has 0 aromatic heterocycles. The minimum absolute atomic E-state index is 0.198. The monoisotopic (exact) mass is 331 g/mol. The van der Waals surface area contributed by atoms with Gasteiger partial charge in [-0.25, -0.2) is 0 Å². The van der Waals surface area contributed by atoms with Crippen LogP contribution in [0.25, 0.3) is 0 Å². The van der Waals surface area contributed by atoms with Crippen molar-refractivity contribution in [2.24, 2.45) is 0 Å². The zero-order valence-electron chi connectivity index (χ0n) is 13.9. The summed E-state index contributed by atoms with van der Waals surface area (Å²) in [5, 5.41) is 3.26. The van der Waals surface area contributed by atoms with Crippen LogP contribution in [0.4, 0.5) is 17.1 Å². The van der Waals surface area contributed by atoms with Gasteiger partial charge in [0.1, 0.15) is 0 Å². The Balaban J connectivity index is 2.24. The number of nitrogens with two attached hydrogens (primary N) is 1. The second kappa shape index (κ2) is 6.92. The van der Waals surface area contributed by atoms with Crippen molar-refractivity contribution in [2.75, 3.05) is 30.0 Å². The molecule has 0 unspecified atom stereocenters. The van der Waals surface area contributed by atoms with Gasteiger partial charge >= 0.3 is 0 Å². The van der Waals surface area contributed by atoms with E-state index in [4.69, 9.17) is 17.3 Å². The third-order valence-corrected chi connectivity index (χ3v) is 4.00. The van der Waals surface area contributed by atoms with E-state index in [1.165, 1.54) is 5.56 Å². The van der Waals surface area contributed by atoms with Gasteiger partial charge < -0.3 is 16.0 Å². The first-order chi connectivity index (χ1) is 10.8. The molecule has 23 heavy (non-hydrogen) atoms. The molecule has 0 aliphatic heterocycles. The first-order valence-corrected chi connectivity index (χ1v) is 7.85. The highest BCUT2D eigenvalue weighted by atomic mass is 35.5. The summed E-state index contributed by atoms with van der Waals surface area (Å²) in [4.78, 5) is 14.3. The fraction of sp³-hybridized carbons (Fsp3) is 0.278. The highest BCUT2D eigenvalue weighted by Gasteiger charge is 2.12. The molecule has 122 valence electrons. The van der Waals surface area contributed by atoms with Crippen LogP contribution in [0.2, 0.25) is 5.02 Å². The van der Waals surface area contributed by atoms with Gasteiger partial charge in [-0.15, -0.1) is 0 Å². The smallest absolute Gasteiger partial charge is 0.255 e. The summed E-state index contributed by atoms with van der Waals surface area (Å²) in [7, 11) is 3.77. The van der Waals surface area contributed by atoms with Crippen molar-refractivity contribution in [1.29, 1.82) is 0 Å². The van der Waals surface area contributed by atoms with Gasteiger partial charge in [0.05, 0.1) is 22.1 Å². The lowest BCUT2D eigenvalue weighted by Gasteiger charge is -2.18. The van der Waals surface area contributed by atoms with Gasteiger partial charge in [-0.1, -0.05) is 37.6 Å². The number of benzene rings is 2. The average molecular weight is 332 g/mol. The average Bonchev–Trinajstić information content (AvgIpc) is 2.49. The Labute approximate surface area is 142 Å². The van der Waals surface area contributed by atoms with Crippen molar-refractivity contribution < 1.29 is 4.79 Å². The maximum atomic E-state index is 12.4. The van der Waals surface area contributed by atoms with E-state index in [-0.39, 0.29) is 5.91 Å². The Morgan fingerprint density at radius 1 is 1.17 bits per heavy atom. The standard InChI is InChI=1S/C18H22ClN3O/c1-11(2)12-5-7-13(8-6-12)18(23)21-16-10-17(22(3)4)15(20)9-14(16)19/h5-11H,20H2,1-4H3,(H,21,23). The van der Waals surface area contributed by atoms with Crippen molar-refractivity contribution >= 4 is 34.6 Å². The molecular formula is C18H22ClN3O. The van der Waals surface area contributed by atoms with Crippen LogP contribution in [0, 0.1) is 0 Å². The molecule has 0 radical (unpaired) electrons. The number of carbonyl (C=O) groups is 1. The molecule has 2 rings (SSSR count). The Morgan fingerprint density at radius 2 is 1.78 bits per heavy atom. The highest BCUT2D eigenvalue weighted by Crippen LogP contribution is 2.32. The topological polar surface area (TPSA) is 58.4 Å². The molecule has 1 amide bonds. The van der Waals surface area contributed by atoms with E-state index < -0.39 is 0 Å². The van der Waals surface area contributed by atoms with Gasteiger partial charge in [0.15, 0.2) is 0 Å². The van der Waals surface area contributed by atoms with E-state index in [1.807, 2.05) is 43.3 Å². The molecule has 3 N–H and O–H groups in total. The predicted octanol–water partition coefficient (Wildman–Crippen LogP) is 4.36. The van der Waals surface area contributed by atoms with Gasteiger partial charge in [0, 0.05) is 19.7 Å². The molecule has 0 fully saturated rings.